The lowest BCUT2D eigenvalue weighted by molar-refractivity contribution is 0.411. The molecule has 0 aliphatic carbocycles. The third kappa shape index (κ3) is 5.50. The number of hydrogen-bond donors (Lipinski definition) is 2. The maximum absolute atomic E-state index is 12.8. The molecule has 1 aromatic carbocycles. The number of pyridine rings is 2. The first-order valence-corrected chi connectivity index (χ1v) is 13.6. The van der Waals surface area contributed by atoms with Crippen LogP contribution in [-0.2, 0) is 15.4 Å². The van der Waals surface area contributed by atoms with Crippen molar-refractivity contribution in [2.24, 2.45) is 5.92 Å². The van der Waals surface area contributed by atoms with Crippen molar-refractivity contribution in [3.05, 3.63) is 58.1 Å². The number of nitrogens with zero attached hydrogens (tertiary/aromatic N) is 2. The Labute approximate surface area is 201 Å². The summed E-state index contributed by atoms with van der Waals surface area (Å²) >= 11 is 0. The fourth-order valence-corrected chi connectivity index (χ4v) is 5.11. The van der Waals surface area contributed by atoms with E-state index in [1.165, 1.54) is 6.26 Å². The Balaban J connectivity index is 1.75. The van der Waals surface area contributed by atoms with Crippen LogP contribution in [-0.4, -0.2) is 44.3 Å². The van der Waals surface area contributed by atoms with Gasteiger partial charge in [0.05, 0.1) is 23.7 Å². The molecule has 1 unspecified atom stereocenters. The second-order valence-corrected chi connectivity index (χ2v) is 12.3. The normalized spacial score (nSPS) is 17.3. The Morgan fingerprint density at radius 3 is 2.62 bits per heavy atom. The van der Waals surface area contributed by atoms with Gasteiger partial charge in [-0.25, -0.2) is 13.1 Å². The fraction of sp³-hybridized carbons (Fsp3) is 0.462. The van der Waals surface area contributed by atoms with Gasteiger partial charge < -0.3 is 9.88 Å². The minimum atomic E-state index is -3.20. The zero-order valence-corrected chi connectivity index (χ0v) is 21.4. The van der Waals surface area contributed by atoms with Gasteiger partial charge in [0, 0.05) is 41.8 Å². The number of piperidine rings is 1. The lowest BCUT2D eigenvalue weighted by Crippen LogP contribution is -2.40. The molecule has 0 bridgehead atoms. The summed E-state index contributed by atoms with van der Waals surface area (Å²) in [6, 6.07) is 10.2. The predicted octanol–water partition coefficient (Wildman–Crippen LogP) is 3.96. The quantitative estimate of drug-likeness (QED) is 0.574. The van der Waals surface area contributed by atoms with Gasteiger partial charge in [-0.1, -0.05) is 20.8 Å². The molecule has 1 atom stereocenters. The molecular formula is C26H34N4O3S. The van der Waals surface area contributed by atoms with Crippen LogP contribution < -0.4 is 15.2 Å². The molecule has 1 aliphatic rings. The maximum Gasteiger partial charge on any atom is 0.256 e. The van der Waals surface area contributed by atoms with E-state index in [0.717, 1.165) is 59.3 Å². The highest BCUT2D eigenvalue weighted by Crippen LogP contribution is 2.34. The largest absolute Gasteiger partial charge is 0.370 e. The number of H-pyrrole nitrogens is 1. The third-order valence-electron chi connectivity index (χ3n) is 6.50. The molecule has 4 rings (SSSR count). The third-order valence-corrected chi connectivity index (χ3v) is 7.19. The van der Waals surface area contributed by atoms with Crippen molar-refractivity contribution in [2.75, 3.05) is 30.8 Å². The van der Waals surface area contributed by atoms with Crippen LogP contribution in [0.5, 0.6) is 0 Å². The molecular weight excluding hydrogens is 448 g/mol. The lowest BCUT2D eigenvalue weighted by atomic mass is 9.84. The first-order valence-electron chi connectivity index (χ1n) is 11.7. The second kappa shape index (κ2) is 9.15. The number of aromatic amines is 1. The lowest BCUT2D eigenvalue weighted by Gasteiger charge is -2.34. The van der Waals surface area contributed by atoms with Crippen molar-refractivity contribution in [1.82, 2.24) is 14.7 Å². The smallest absolute Gasteiger partial charge is 0.256 e. The molecule has 3 heterocycles. The topological polar surface area (TPSA) is 95.2 Å². The van der Waals surface area contributed by atoms with Gasteiger partial charge in [-0.05, 0) is 67.0 Å². The molecule has 34 heavy (non-hydrogen) atoms. The van der Waals surface area contributed by atoms with Crippen molar-refractivity contribution in [1.29, 1.82) is 0 Å². The average Bonchev–Trinajstić information content (AvgIpc) is 2.76. The molecule has 7 nitrogen and oxygen atoms in total. The molecule has 1 fully saturated rings. The van der Waals surface area contributed by atoms with Crippen molar-refractivity contribution in [3.8, 4) is 11.1 Å². The minimum Gasteiger partial charge on any atom is -0.370 e. The van der Waals surface area contributed by atoms with Crippen molar-refractivity contribution >= 4 is 26.6 Å². The Morgan fingerprint density at radius 1 is 1.18 bits per heavy atom. The number of nitrogens with one attached hydrogen (secondary N) is 2. The molecule has 3 aromatic rings. The van der Waals surface area contributed by atoms with E-state index in [4.69, 9.17) is 4.98 Å². The van der Waals surface area contributed by atoms with Crippen LogP contribution >= 0.6 is 0 Å². The Morgan fingerprint density at radius 2 is 1.94 bits per heavy atom. The molecule has 1 saturated heterocycles. The molecule has 0 spiro atoms. The maximum atomic E-state index is 12.8. The zero-order chi connectivity index (χ0) is 24.7. The van der Waals surface area contributed by atoms with E-state index in [2.05, 4.69) is 53.6 Å². The summed E-state index contributed by atoms with van der Waals surface area (Å²) in [6.45, 7) is 10.5. The summed E-state index contributed by atoms with van der Waals surface area (Å²) in [5.74, 6) is 0.252. The molecule has 2 aromatic heterocycles. The number of anilines is 1. The number of fused-ring (bicyclic) bond motifs is 1. The fourth-order valence-electron chi connectivity index (χ4n) is 4.57. The van der Waals surface area contributed by atoms with E-state index in [0.29, 0.717) is 12.1 Å². The van der Waals surface area contributed by atoms with Crippen LogP contribution in [0.1, 0.15) is 44.9 Å². The van der Waals surface area contributed by atoms with Gasteiger partial charge in [0.1, 0.15) is 0 Å². The van der Waals surface area contributed by atoms with Gasteiger partial charge in [-0.2, -0.15) is 0 Å². The van der Waals surface area contributed by atoms with Crippen LogP contribution in [0.15, 0.2) is 41.3 Å². The van der Waals surface area contributed by atoms with E-state index >= 15 is 0 Å². The number of rotatable bonds is 5. The Kier molecular flexibility index (Phi) is 6.57. The molecule has 0 saturated carbocycles. The van der Waals surface area contributed by atoms with Crippen LogP contribution in [0.2, 0.25) is 0 Å². The molecule has 0 amide bonds. The van der Waals surface area contributed by atoms with E-state index < -0.39 is 10.0 Å². The Hall–Kier alpha value is -2.71. The molecule has 1 aliphatic heterocycles. The minimum absolute atomic E-state index is 0.0933. The molecule has 8 heteroatoms. The summed E-state index contributed by atoms with van der Waals surface area (Å²) in [5, 5.41) is 0.997. The van der Waals surface area contributed by atoms with Crippen LogP contribution in [0.25, 0.3) is 22.0 Å². The average molecular weight is 483 g/mol. The first kappa shape index (κ1) is 24.4. The predicted molar refractivity (Wildman–Crippen MR) is 139 cm³/mol. The van der Waals surface area contributed by atoms with Gasteiger partial charge in [0.25, 0.3) is 5.56 Å². The van der Waals surface area contributed by atoms with E-state index in [-0.39, 0.29) is 16.9 Å². The highest BCUT2D eigenvalue weighted by molar-refractivity contribution is 7.88. The van der Waals surface area contributed by atoms with Crippen LogP contribution in [0, 0.1) is 12.8 Å². The van der Waals surface area contributed by atoms with Gasteiger partial charge in [-0.15, -0.1) is 0 Å². The number of benzene rings is 1. The molecule has 0 radical (unpaired) electrons. The first-order chi connectivity index (χ1) is 15.9. The highest BCUT2D eigenvalue weighted by atomic mass is 32.2. The zero-order valence-electron chi connectivity index (χ0n) is 20.6. The summed E-state index contributed by atoms with van der Waals surface area (Å²) < 4.78 is 25.7. The van der Waals surface area contributed by atoms with Crippen LogP contribution in [0.4, 0.5) is 5.69 Å². The van der Waals surface area contributed by atoms with Gasteiger partial charge in [0.15, 0.2) is 0 Å². The summed E-state index contributed by atoms with van der Waals surface area (Å²) in [6.07, 6.45) is 5.07. The Bertz CT molecular complexity index is 1370. The van der Waals surface area contributed by atoms with Gasteiger partial charge >= 0.3 is 0 Å². The summed E-state index contributed by atoms with van der Waals surface area (Å²) in [7, 11) is -3.20. The number of aromatic nitrogens is 2. The van der Waals surface area contributed by atoms with E-state index in [1.807, 2.05) is 25.3 Å². The standard InChI is InChI=1S/C26H34N4O3S/c1-17-8-9-22(25(31)29-17)23-13-20(26(2,3)4)11-19-12-21(15-27-24(19)23)30-10-6-7-18(16-30)14-28-34(5,32)33/h8-9,11-13,15,18,28H,6-7,10,14,16H2,1-5H3,(H,29,31). The van der Waals surface area contributed by atoms with Crippen molar-refractivity contribution in [2.45, 2.75) is 46.0 Å². The summed E-state index contributed by atoms with van der Waals surface area (Å²) in [4.78, 5) is 22.8. The van der Waals surface area contributed by atoms with Gasteiger partial charge in [-0.3, -0.25) is 9.78 Å². The number of hydrogen-bond acceptors (Lipinski definition) is 5. The number of sulfonamides is 1. The van der Waals surface area contributed by atoms with Crippen molar-refractivity contribution in [3.63, 3.8) is 0 Å². The SMILES string of the molecule is Cc1ccc(-c2cc(C(C)(C)C)cc3cc(N4CCCC(CNS(C)(=O)=O)C4)cnc23)c(=O)[nH]1. The molecule has 182 valence electrons. The van der Waals surface area contributed by atoms with Gasteiger partial charge in [0.2, 0.25) is 10.0 Å². The monoisotopic (exact) mass is 482 g/mol. The molecule has 2 N–H and O–H groups in total. The highest BCUT2D eigenvalue weighted by Gasteiger charge is 2.23. The van der Waals surface area contributed by atoms with E-state index in [9.17, 15) is 13.2 Å². The van der Waals surface area contributed by atoms with Crippen molar-refractivity contribution < 1.29 is 8.42 Å². The second-order valence-electron chi connectivity index (χ2n) is 10.5. The number of aryl methyl sites for hydroxylation is 1. The van der Waals surface area contributed by atoms with E-state index in [1.54, 1.807) is 0 Å². The summed E-state index contributed by atoms with van der Waals surface area (Å²) in [5.41, 5.74) is 5.04. The van der Waals surface area contributed by atoms with Crippen LogP contribution in [0.3, 0.4) is 0 Å².